The van der Waals surface area contributed by atoms with E-state index in [2.05, 4.69) is 5.32 Å². The van der Waals surface area contributed by atoms with E-state index in [-0.39, 0.29) is 12.5 Å². The molecule has 98 valence electrons. The zero-order valence-corrected chi connectivity index (χ0v) is 10.7. The summed E-state index contributed by atoms with van der Waals surface area (Å²) in [5.41, 5.74) is -0.726. The molecule has 1 amide bonds. The third-order valence-electron chi connectivity index (χ3n) is 3.44. The van der Waals surface area contributed by atoms with Crippen LogP contribution in [0, 0.1) is 5.41 Å². The average molecular weight is 242 g/mol. The molecule has 0 spiro atoms. The van der Waals surface area contributed by atoms with Gasteiger partial charge < -0.3 is 15.3 Å². The Morgan fingerprint density at radius 3 is 2.71 bits per heavy atom. The minimum absolute atomic E-state index is 0.00562. The lowest BCUT2D eigenvalue weighted by molar-refractivity contribution is -0.155. The van der Waals surface area contributed by atoms with Crippen molar-refractivity contribution in [3.63, 3.8) is 0 Å². The Kier molecular flexibility index (Phi) is 4.93. The lowest BCUT2D eigenvalue weighted by Gasteiger charge is -2.40. The molecule has 1 atom stereocenters. The largest absolute Gasteiger partial charge is 0.481 e. The van der Waals surface area contributed by atoms with Gasteiger partial charge in [-0.25, -0.2) is 0 Å². The molecule has 0 aliphatic carbocycles. The van der Waals surface area contributed by atoms with Crippen LogP contribution in [-0.2, 0) is 9.59 Å². The second-order valence-electron chi connectivity index (χ2n) is 4.78. The highest BCUT2D eigenvalue weighted by molar-refractivity contribution is 5.81. The maximum absolute atomic E-state index is 11.8. The van der Waals surface area contributed by atoms with Crippen molar-refractivity contribution >= 4 is 11.9 Å². The van der Waals surface area contributed by atoms with E-state index in [9.17, 15) is 14.7 Å². The number of carboxylic acids is 1. The molecule has 0 aromatic rings. The van der Waals surface area contributed by atoms with Crippen molar-refractivity contribution in [2.24, 2.45) is 5.41 Å². The smallest absolute Gasteiger partial charge is 0.311 e. The number of aliphatic carboxylic acids is 1. The first-order chi connectivity index (χ1) is 8.05. The normalized spacial score (nSPS) is 24.7. The maximum Gasteiger partial charge on any atom is 0.311 e. The van der Waals surface area contributed by atoms with Gasteiger partial charge in [0, 0.05) is 13.1 Å². The number of carboxylic acid groups (broad SMARTS) is 1. The first-order valence-electron chi connectivity index (χ1n) is 6.21. The van der Waals surface area contributed by atoms with Crippen LogP contribution in [0.1, 0.15) is 32.6 Å². The van der Waals surface area contributed by atoms with E-state index in [1.807, 2.05) is 6.92 Å². The van der Waals surface area contributed by atoms with Gasteiger partial charge in [0.25, 0.3) is 0 Å². The quantitative estimate of drug-likeness (QED) is 0.744. The van der Waals surface area contributed by atoms with E-state index >= 15 is 0 Å². The van der Waals surface area contributed by atoms with E-state index in [1.165, 1.54) is 0 Å². The number of likely N-dealkylation sites (tertiary alicyclic amines) is 1. The van der Waals surface area contributed by atoms with Crippen molar-refractivity contribution in [3.05, 3.63) is 0 Å². The van der Waals surface area contributed by atoms with Gasteiger partial charge >= 0.3 is 5.97 Å². The highest BCUT2D eigenvalue weighted by Crippen LogP contribution is 2.34. The molecular formula is C12H22N2O3. The fourth-order valence-electron chi connectivity index (χ4n) is 2.57. The number of carbonyl (C=O) groups excluding carboxylic acids is 1. The Balaban J connectivity index is 2.74. The lowest BCUT2D eigenvalue weighted by Crippen LogP contribution is -2.51. The summed E-state index contributed by atoms with van der Waals surface area (Å²) in [6.07, 6.45) is 2.94. The van der Waals surface area contributed by atoms with E-state index in [1.54, 1.807) is 11.9 Å². The predicted molar refractivity (Wildman–Crippen MR) is 64.7 cm³/mol. The molecule has 1 unspecified atom stereocenters. The molecule has 1 saturated heterocycles. The number of piperidine rings is 1. The van der Waals surface area contributed by atoms with E-state index < -0.39 is 11.4 Å². The molecule has 17 heavy (non-hydrogen) atoms. The van der Waals surface area contributed by atoms with Crippen molar-refractivity contribution in [1.29, 1.82) is 0 Å². The van der Waals surface area contributed by atoms with Crippen LogP contribution in [-0.4, -0.2) is 48.6 Å². The molecule has 0 bridgehead atoms. The number of nitrogens with zero attached hydrogens (tertiary/aromatic N) is 1. The maximum atomic E-state index is 11.8. The molecule has 0 aromatic heterocycles. The summed E-state index contributed by atoms with van der Waals surface area (Å²) >= 11 is 0. The molecular weight excluding hydrogens is 220 g/mol. The van der Waals surface area contributed by atoms with Crippen molar-refractivity contribution < 1.29 is 14.7 Å². The SMILES string of the molecule is CCCC1(C(=O)O)CCCN(C(=O)CNC)C1. The molecule has 5 nitrogen and oxygen atoms in total. The molecule has 0 saturated carbocycles. The molecule has 1 rings (SSSR count). The Bertz CT molecular complexity index is 289. The van der Waals surface area contributed by atoms with E-state index in [0.29, 0.717) is 25.9 Å². The summed E-state index contributed by atoms with van der Waals surface area (Å²) in [5.74, 6) is -0.768. The Morgan fingerprint density at radius 2 is 2.18 bits per heavy atom. The van der Waals surface area contributed by atoms with E-state index in [4.69, 9.17) is 0 Å². The number of hydrogen-bond donors (Lipinski definition) is 2. The van der Waals surface area contributed by atoms with Crippen molar-refractivity contribution in [2.45, 2.75) is 32.6 Å². The van der Waals surface area contributed by atoms with Crippen LogP contribution < -0.4 is 5.32 Å². The van der Waals surface area contributed by atoms with Crippen molar-refractivity contribution in [2.75, 3.05) is 26.7 Å². The molecule has 0 radical (unpaired) electrons. The molecule has 2 N–H and O–H groups in total. The molecule has 1 fully saturated rings. The lowest BCUT2D eigenvalue weighted by atomic mass is 9.76. The van der Waals surface area contributed by atoms with Crippen molar-refractivity contribution in [1.82, 2.24) is 10.2 Å². The third kappa shape index (κ3) is 3.19. The summed E-state index contributed by atoms with van der Waals surface area (Å²) in [6, 6.07) is 0. The first kappa shape index (κ1) is 14.0. The minimum atomic E-state index is -0.763. The monoisotopic (exact) mass is 242 g/mol. The van der Waals surface area contributed by atoms with Crippen LogP contribution in [0.5, 0.6) is 0 Å². The van der Waals surface area contributed by atoms with Gasteiger partial charge in [0.2, 0.25) is 5.91 Å². The standard InChI is InChI=1S/C12H22N2O3/c1-3-5-12(11(16)17)6-4-7-14(9-12)10(15)8-13-2/h13H,3-9H2,1-2H3,(H,16,17). The second kappa shape index (κ2) is 6.00. The van der Waals surface area contributed by atoms with Crippen LogP contribution >= 0.6 is 0 Å². The topological polar surface area (TPSA) is 69.6 Å². The number of carbonyl (C=O) groups is 2. The molecule has 1 aliphatic rings. The van der Waals surface area contributed by atoms with Crippen molar-refractivity contribution in [3.8, 4) is 0 Å². The number of rotatable bonds is 5. The molecule has 5 heteroatoms. The van der Waals surface area contributed by atoms with Crippen LogP contribution in [0.2, 0.25) is 0 Å². The number of nitrogens with one attached hydrogen (secondary N) is 1. The van der Waals surface area contributed by atoms with Gasteiger partial charge in [-0.15, -0.1) is 0 Å². The number of likely N-dealkylation sites (N-methyl/N-ethyl adjacent to an activating group) is 1. The van der Waals surface area contributed by atoms with Gasteiger partial charge in [-0.1, -0.05) is 13.3 Å². The highest BCUT2D eigenvalue weighted by atomic mass is 16.4. The zero-order chi connectivity index (χ0) is 12.9. The minimum Gasteiger partial charge on any atom is -0.481 e. The molecule has 1 heterocycles. The first-order valence-corrected chi connectivity index (χ1v) is 6.21. The fraction of sp³-hybridized carbons (Fsp3) is 0.833. The summed E-state index contributed by atoms with van der Waals surface area (Å²) in [5, 5.41) is 12.2. The average Bonchev–Trinajstić information content (AvgIpc) is 2.30. The van der Waals surface area contributed by atoms with Crippen LogP contribution in [0.25, 0.3) is 0 Å². The molecule has 0 aromatic carbocycles. The summed E-state index contributed by atoms with van der Waals surface area (Å²) in [6.45, 7) is 3.30. The highest BCUT2D eigenvalue weighted by Gasteiger charge is 2.42. The number of hydrogen-bond acceptors (Lipinski definition) is 3. The van der Waals surface area contributed by atoms with Gasteiger partial charge in [-0.2, -0.15) is 0 Å². The van der Waals surface area contributed by atoms with Gasteiger partial charge in [0.1, 0.15) is 0 Å². The number of amides is 1. The predicted octanol–water partition coefficient (Wildman–Crippen LogP) is 0.699. The van der Waals surface area contributed by atoms with Gasteiger partial charge in [-0.05, 0) is 26.3 Å². The second-order valence-corrected chi connectivity index (χ2v) is 4.78. The molecule has 1 aliphatic heterocycles. The van der Waals surface area contributed by atoms with Crippen LogP contribution in [0.15, 0.2) is 0 Å². The van der Waals surface area contributed by atoms with Crippen LogP contribution in [0.3, 0.4) is 0 Å². The van der Waals surface area contributed by atoms with Gasteiger partial charge in [0.15, 0.2) is 0 Å². The van der Waals surface area contributed by atoms with Crippen LogP contribution in [0.4, 0.5) is 0 Å². The fourth-order valence-corrected chi connectivity index (χ4v) is 2.57. The summed E-state index contributed by atoms with van der Waals surface area (Å²) < 4.78 is 0. The van der Waals surface area contributed by atoms with Gasteiger partial charge in [0.05, 0.1) is 12.0 Å². The Hall–Kier alpha value is -1.10. The summed E-state index contributed by atoms with van der Waals surface area (Å²) in [7, 11) is 1.72. The zero-order valence-electron chi connectivity index (χ0n) is 10.7. The third-order valence-corrected chi connectivity index (χ3v) is 3.44. The summed E-state index contributed by atoms with van der Waals surface area (Å²) in [4.78, 5) is 24.9. The Labute approximate surface area is 102 Å². The van der Waals surface area contributed by atoms with Gasteiger partial charge in [-0.3, -0.25) is 9.59 Å². The Morgan fingerprint density at radius 1 is 1.47 bits per heavy atom. The van der Waals surface area contributed by atoms with E-state index in [0.717, 1.165) is 12.8 Å².